The number of halogens is 3. The van der Waals surface area contributed by atoms with E-state index in [4.69, 9.17) is 27.9 Å². The second-order valence-corrected chi connectivity index (χ2v) is 11.6. The number of pyridine rings is 1. The molecule has 2 aromatic heterocycles. The van der Waals surface area contributed by atoms with Crippen molar-refractivity contribution in [3.8, 4) is 6.07 Å². The van der Waals surface area contributed by atoms with Crippen LogP contribution in [0.25, 0.3) is 10.9 Å². The number of hydrogen-bond donors (Lipinski definition) is 2. The van der Waals surface area contributed by atoms with Crippen LogP contribution in [0.3, 0.4) is 0 Å². The minimum absolute atomic E-state index is 0.0609. The topological polar surface area (TPSA) is 118 Å². The molecule has 1 atom stereocenters. The van der Waals surface area contributed by atoms with Gasteiger partial charge < -0.3 is 15.4 Å². The van der Waals surface area contributed by atoms with Gasteiger partial charge in [-0.1, -0.05) is 58.7 Å². The SMILES string of the molecule is CC(C)(C)C(=O)OCn1cc([C@@H](Nc2cc(Cl)c3ncc(C#N)c(Nc4ccc(F)c(Cl)c4)c3c2)c2ccccc2)nn1. The molecule has 5 rings (SSSR count). The monoisotopic (exact) mass is 617 g/mol. The third kappa shape index (κ3) is 6.69. The number of nitrogens with zero attached hydrogens (tertiary/aromatic N) is 5. The van der Waals surface area contributed by atoms with Crippen molar-refractivity contribution >= 4 is 57.1 Å². The summed E-state index contributed by atoms with van der Waals surface area (Å²) < 4.78 is 20.6. The summed E-state index contributed by atoms with van der Waals surface area (Å²) in [6.45, 7) is 5.24. The van der Waals surface area contributed by atoms with Crippen LogP contribution in [0, 0.1) is 22.6 Å². The molecule has 218 valence electrons. The van der Waals surface area contributed by atoms with Gasteiger partial charge in [-0.05, 0) is 56.7 Å². The first-order chi connectivity index (χ1) is 20.5. The van der Waals surface area contributed by atoms with Crippen LogP contribution in [-0.2, 0) is 16.3 Å². The Kier molecular flexibility index (Phi) is 8.48. The van der Waals surface area contributed by atoms with E-state index < -0.39 is 17.3 Å². The zero-order chi connectivity index (χ0) is 30.7. The van der Waals surface area contributed by atoms with Crippen molar-refractivity contribution in [1.29, 1.82) is 5.26 Å². The Labute approximate surface area is 257 Å². The molecule has 9 nitrogen and oxygen atoms in total. The molecule has 0 radical (unpaired) electrons. The third-order valence-electron chi connectivity index (χ3n) is 6.47. The van der Waals surface area contributed by atoms with Crippen molar-refractivity contribution in [2.45, 2.75) is 33.5 Å². The number of nitriles is 1. The Bertz CT molecular complexity index is 1850. The van der Waals surface area contributed by atoms with Crippen molar-refractivity contribution in [2.24, 2.45) is 5.41 Å². The van der Waals surface area contributed by atoms with E-state index in [1.54, 1.807) is 33.0 Å². The first kappa shape index (κ1) is 29.8. The molecule has 0 aliphatic carbocycles. The lowest BCUT2D eigenvalue weighted by atomic mass is 9.98. The maximum Gasteiger partial charge on any atom is 0.313 e. The van der Waals surface area contributed by atoms with Crippen LogP contribution in [-0.4, -0.2) is 25.9 Å². The molecule has 2 heterocycles. The van der Waals surface area contributed by atoms with E-state index in [0.717, 1.165) is 5.56 Å². The zero-order valence-corrected chi connectivity index (χ0v) is 24.9. The Morgan fingerprint density at radius 1 is 1.09 bits per heavy atom. The molecule has 0 spiro atoms. The fraction of sp³-hybridized carbons (Fsp3) is 0.194. The Morgan fingerprint density at radius 3 is 2.53 bits per heavy atom. The molecule has 0 fully saturated rings. The number of anilines is 3. The Balaban J connectivity index is 1.52. The number of carbonyl (C=O) groups excluding carboxylic acids is 1. The van der Waals surface area contributed by atoms with Gasteiger partial charge in [0.1, 0.15) is 17.6 Å². The lowest BCUT2D eigenvalue weighted by Gasteiger charge is -2.20. The van der Waals surface area contributed by atoms with Crippen molar-refractivity contribution in [3.05, 3.63) is 106 Å². The highest BCUT2D eigenvalue weighted by Gasteiger charge is 2.24. The van der Waals surface area contributed by atoms with Gasteiger partial charge in [0.05, 0.1) is 44.5 Å². The Morgan fingerprint density at radius 2 is 1.84 bits per heavy atom. The highest BCUT2D eigenvalue weighted by atomic mass is 35.5. The van der Waals surface area contributed by atoms with Gasteiger partial charge >= 0.3 is 5.97 Å². The molecule has 0 aliphatic rings. The number of hydrogen-bond acceptors (Lipinski definition) is 8. The maximum atomic E-state index is 13.8. The summed E-state index contributed by atoms with van der Waals surface area (Å²) in [5.74, 6) is -0.913. The predicted octanol–water partition coefficient (Wildman–Crippen LogP) is 7.64. The summed E-state index contributed by atoms with van der Waals surface area (Å²) in [5, 5.41) is 25.8. The van der Waals surface area contributed by atoms with E-state index in [1.165, 1.54) is 29.1 Å². The highest BCUT2D eigenvalue weighted by Crippen LogP contribution is 2.37. The molecule has 43 heavy (non-hydrogen) atoms. The van der Waals surface area contributed by atoms with Crippen LogP contribution < -0.4 is 10.6 Å². The minimum atomic E-state index is -0.649. The van der Waals surface area contributed by atoms with Gasteiger partial charge in [-0.25, -0.2) is 9.07 Å². The van der Waals surface area contributed by atoms with Crippen LogP contribution in [0.4, 0.5) is 21.5 Å². The molecule has 2 N–H and O–H groups in total. The number of carbonyl (C=O) groups is 1. The summed E-state index contributed by atoms with van der Waals surface area (Å²) in [6, 6.07) is 19.0. The molecule has 0 unspecified atom stereocenters. The fourth-order valence-corrected chi connectivity index (χ4v) is 4.72. The van der Waals surface area contributed by atoms with Crippen LogP contribution >= 0.6 is 23.2 Å². The van der Waals surface area contributed by atoms with Gasteiger partial charge in [0.2, 0.25) is 0 Å². The lowest BCUT2D eigenvalue weighted by molar-refractivity contribution is -0.157. The molecular weight excluding hydrogens is 592 g/mol. The van der Waals surface area contributed by atoms with Crippen molar-refractivity contribution in [2.75, 3.05) is 10.6 Å². The maximum absolute atomic E-state index is 13.8. The fourth-order valence-electron chi connectivity index (χ4n) is 4.27. The average molecular weight is 619 g/mol. The van der Waals surface area contributed by atoms with E-state index in [9.17, 15) is 14.4 Å². The van der Waals surface area contributed by atoms with E-state index in [-0.39, 0.29) is 23.3 Å². The van der Waals surface area contributed by atoms with Gasteiger partial charge in [0, 0.05) is 23.0 Å². The molecule has 3 aromatic carbocycles. The number of benzene rings is 3. The first-order valence-electron chi connectivity index (χ1n) is 13.2. The van der Waals surface area contributed by atoms with Crippen molar-refractivity contribution < 1.29 is 13.9 Å². The average Bonchev–Trinajstić information content (AvgIpc) is 3.45. The number of ether oxygens (including phenoxy) is 1. The minimum Gasteiger partial charge on any atom is -0.442 e. The van der Waals surface area contributed by atoms with Gasteiger partial charge in [-0.3, -0.25) is 9.78 Å². The van der Waals surface area contributed by atoms with Crippen LogP contribution in [0.5, 0.6) is 0 Å². The summed E-state index contributed by atoms with van der Waals surface area (Å²) in [4.78, 5) is 16.6. The predicted molar refractivity (Wildman–Crippen MR) is 164 cm³/mol. The summed E-state index contributed by atoms with van der Waals surface area (Å²) in [7, 11) is 0. The highest BCUT2D eigenvalue weighted by molar-refractivity contribution is 6.36. The largest absolute Gasteiger partial charge is 0.442 e. The molecule has 5 aromatic rings. The number of rotatable bonds is 8. The molecule has 0 bridgehead atoms. The second kappa shape index (κ2) is 12.3. The zero-order valence-electron chi connectivity index (χ0n) is 23.4. The van der Waals surface area contributed by atoms with Crippen LogP contribution in [0.15, 0.2) is 73.1 Å². The first-order valence-corrected chi connectivity index (χ1v) is 13.9. The molecule has 0 amide bonds. The van der Waals surface area contributed by atoms with Crippen molar-refractivity contribution in [3.63, 3.8) is 0 Å². The summed E-state index contributed by atoms with van der Waals surface area (Å²) in [6.07, 6.45) is 3.12. The quantitative estimate of drug-likeness (QED) is 0.171. The van der Waals surface area contributed by atoms with Crippen LogP contribution in [0.1, 0.15) is 43.6 Å². The number of fused-ring (bicyclic) bond motifs is 1. The molecule has 0 saturated carbocycles. The van der Waals surface area contributed by atoms with Gasteiger partial charge in [0.25, 0.3) is 0 Å². The number of aromatic nitrogens is 4. The normalized spacial score (nSPS) is 12.0. The second-order valence-electron chi connectivity index (χ2n) is 10.7. The standard InChI is InChI=1S/C31H26Cl2FN7O2/c1-31(2,3)30(42)43-17-41-16-26(39-40-41)28(18-7-5-4-6-8-18)38-21-11-22-27(37-20-9-10-25(34)23(32)12-20)19(14-35)15-36-29(22)24(33)13-21/h4-13,15-16,28,38H,17H2,1-3H3,(H,36,37)/t28-/m0/s1. The van der Waals surface area contributed by atoms with E-state index >= 15 is 0 Å². The number of nitrogens with one attached hydrogen (secondary N) is 2. The summed E-state index contributed by atoms with van der Waals surface area (Å²) >= 11 is 12.7. The lowest BCUT2D eigenvalue weighted by Crippen LogP contribution is -2.24. The van der Waals surface area contributed by atoms with Crippen molar-refractivity contribution in [1.82, 2.24) is 20.0 Å². The van der Waals surface area contributed by atoms with E-state index in [2.05, 4.69) is 32.0 Å². The van der Waals surface area contributed by atoms with E-state index in [1.807, 2.05) is 36.4 Å². The van der Waals surface area contributed by atoms with Gasteiger partial charge in [-0.15, -0.1) is 5.10 Å². The smallest absolute Gasteiger partial charge is 0.313 e. The van der Waals surface area contributed by atoms with Gasteiger partial charge in [-0.2, -0.15) is 5.26 Å². The summed E-state index contributed by atoms with van der Waals surface area (Å²) in [5.41, 5.74) is 3.05. The molecule has 0 aliphatic heterocycles. The van der Waals surface area contributed by atoms with Crippen LogP contribution in [0.2, 0.25) is 10.0 Å². The molecule has 12 heteroatoms. The third-order valence-corrected chi connectivity index (χ3v) is 7.05. The van der Waals surface area contributed by atoms with E-state index in [0.29, 0.717) is 38.7 Å². The molecule has 0 saturated heterocycles. The Hall–Kier alpha value is -4.72. The number of esters is 1. The molecular formula is C31H26Cl2FN7O2. The van der Waals surface area contributed by atoms with Gasteiger partial charge in [0.15, 0.2) is 6.73 Å².